The Balaban J connectivity index is 4.05. The van der Waals surface area contributed by atoms with Gasteiger partial charge in [-0.3, -0.25) is 0 Å². The molecule has 0 rings (SSSR count). The summed E-state index contributed by atoms with van der Waals surface area (Å²) in [6.07, 6.45) is 2.35. The van der Waals surface area contributed by atoms with E-state index in [0.717, 1.165) is 5.75 Å². The Labute approximate surface area is 75.2 Å². The lowest BCUT2D eigenvalue weighted by Gasteiger charge is -2.05. The monoisotopic (exact) mass is 191 g/mol. The minimum atomic E-state index is -0.988. The Morgan fingerprint density at radius 1 is 1.67 bits per heavy atom. The first kappa shape index (κ1) is 11.1. The van der Waals surface area contributed by atoms with Gasteiger partial charge in [-0.25, -0.2) is 9.79 Å². The molecule has 1 unspecified atom stereocenters. The van der Waals surface area contributed by atoms with Gasteiger partial charge in [0.1, 0.15) is 0 Å². The van der Waals surface area contributed by atoms with E-state index in [1.54, 1.807) is 11.8 Å². The molecule has 70 valence electrons. The number of aliphatic imine (C=N–C) groups is 1. The average Bonchev–Trinajstić information content (AvgIpc) is 1.96. The molecule has 5 nitrogen and oxygen atoms in total. The molecule has 0 fully saturated rings. The smallest absolute Gasteiger partial charge is 0.328 e. The van der Waals surface area contributed by atoms with E-state index in [0.29, 0.717) is 6.42 Å². The molecule has 12 heavy (non-hydrogen) atoms. The molecule has 0 aromatic rings. The molecule has 0 bridgehead atoms. The van der Waals surface area contributed by atoms with Crippen LogP contribution in [0, 0.1) is 0 Å². The van der Waals surface area contributed by atoms with E-state index in [-0.39, 0.29) is 5.96 Å². The number of carbonyl (C=O) groups is 1. The number of guanidine groups is 1. The molecule has 0 saturated carbocycles. The van der Waals surface area contributed by atoms with Crippen LogP contribution < -0.4 is 11.5 Å². The number of aliphatic carboxylic acids is 1. The Morgan fingerprint density at radius 3 is 2.58 bits per heavy atom. The second-order valence-corrected chi connectivity index (χ2v) is 3.18. The first-order valence-electron chi connectivity index (χ1n) is 3.38. The molecular weight excluding hydrogens is 178 g/mol. The third-order valence-electron chi connectivity index (χ3n) is 1.19. The van der Waals surface area contributed by atoms with Crippen molar-refractivity contribution < 1.29 is 9.90 Å². The van der Waals surface area contributed by atoms with Gasteiger partial charge in [0, 0.05) is 0 Å². The van der Waals surface area contributed by atoms with E-state index in [1.165, 1.54) is 0 Å². The minimum Gasteiger partial charge on any atom is -0.480 e. The number of rotatable bonds is 5. The summed E-state index contributed by atoms with van der Waals surface area (Å²) in [5.41, 5.74) is 10.1. The molecular formula is C6H13N3O2S. The van der Waals surface area contributed by atoms with E-state index in [4.69, 9.17) is 16.6 Å². The number of carboxylic acids is 1. The van der Waals surface area contributed by atoms with Crippen LogP contribution in [0.5, 0.6) is 0 Å². The van der Waals surface area contributed by atoms with Crippen LogP contribution in [-0.4, -0.2) is 35.1 Å². The molecule has 1 atom stereocenters. The highest BCUT2D eigenvalue weighted by molar-refractivity contribution is 7.98. The Bertz CT molecular complexity index is 180. The van der Waals surface area contributed by atoms with Crippen LogP contribution in [0.3, 0.4) is 0 Å². The van der Waals surface area contributed by atoms with Gasteiger partial charge >= 0.3 is 5.97 Å². The standard InChI is InChI=1S/C6H13N3O2S/c1-12-3-2-4(5(10)11)9-6(7)8/h4H,2-3H2,1H3,(H,10,11)(H4,7,8,9). The summed E-state index contributed by atoms with van der Waals surface area (Å²) >= 11 is 1.56. The molecule has 0 heterocycles. The van der Waals surface area contributed by atoms with E-state index in [2.05, 4.69) is 4.99 Å². The molecule has 0 aromatic carbocycles. The normalized spacial score (nSPS) is 12.1. The third kappa shape index (κ3) is 4.84. The topological polar surface area (TPSA) is 102 Å². The van der Waals surface area contributed by atoms with Gasteiger partial charge < -0.3 is 16.6 Å². The minimum absolute atomic E-state index is 0.177. The summed E-state index contributed by atoms with van der Waals surface area (Å²) in [5.74, 6) is -0.436. The van der Waals surface area contributed by atoms with E-state index >= 15 is 0 Å². The van der Waals surface area contributed by atoms with Crippen LogP contribution in [0.25, 0.3) is 0 Å². The summed E-state index contributed by atoms with van der Waals surface area (Å²) in [5, 5.41) is 8.62. The molecule has 5 N–H and O–H groups in total. The van der Waals surface area contributed by atoms with Crippen molar-refractivity contribution in [3.8, 4) is 0 Å². The van der Waals surface area contributed by atoms with Crippen LogP contribution in [0.4, 0.5) is 0 Å². The van der Waals surface area contributed by atoms with E-state index in [1.807, 2.05) is 6.26 Å². The summed E-state index contributed by atoms with van der Waals surface area (Å²) in [7, 11) is 0. The van der Waals surface area contributed by atoms with Gasteiger partial charge in [-0.1, -0.05) is 0 Å². The van der Waals surface area contributed by atoms with Gasteiger partial charge in [-0.15, -0.1) is 0 Å². The van der Waals surface area contributed by atoms with E-state index < -0.39 is 12.0 Å². The van der Waals surface area contributed by atoms with Crippen molar-refractivity contribution in [2.75, 3.05) is 12.0 Å². The van der Waals surface area contributed by atoms with Crippen molar-refractivity contribution in [2.45, 2.75) is 12.5 Å². The zero-order chi connectivity index (χ0) is 9.56. The Morgan fingerprint density at radius 2 is 2.25 bits per heavy atom. The van der Waals surface area contributed by atoms with Crippen molar-refractivity contribution >= 4 is 23.7 Å². The summed E-state index contributed by atoms with van der Waals surface area (Å²) in [4.78, 5) is 14.1. The molecule has 0 aliphatic heterocycles. The van der Waals surface area contributed by atoms with Crippen molar-refractivity contribution in [1.29, 1.82) is 0 Å². The molecule has 0 aromatic heterocycles. The lowest BCUT2D eigenvalue weighted by atomic mass is 10.2. The predicted octanol–water partition coefficient (Wildman–Crippen LogP) is -0.534. The number of thioether (sulfide) groups is 1. The number of nitrogens with zero attached hydrogens (tertiary/aromatic N) is 1. The lowest BCUT2D eigenvalue weighted by molar-refractivity contribution is -0.138. The zero-order valence-electron chi connectivity index (χ0n) is 6.86. The van der Waals surface area contributed by atoms with Gasteiger partial charge in [-0.05, 0) is 18.4 Å². The fraction of sp³-hybridized carbons (Fsp3) is 0.667. The molecule has 0 aliphatic carbocycles. The van der Waals surface area contributed by atoms with Crippen LogP contribution in [-0.2, 0) is 4.79 Å². The highest BCUT2D eigenvalue weighted by Gasteiger charge is 2.14. The van der Waals surface area contributed by atoms with Gasteiger partial charge in [-0.2, -0.15) is 11.8 Å². The first-order valence-corrected chi connectivity index (χ1v) is 4.77. The van der Waals surface area contributed by atoms with Crippen LogP contribution in [0.2, 0.25) is 0 Å². The molecule has 0 aliphatic rings. The number of hydrogen-bond donors (Lipinski definition) is 3. The number of hydrogen-bond acceptors (Lipinski definition) is 3. The van der Waals surface area contributed by atoms with Gasteiger partial charge in [0.25, 0.3) is 0 Å². The van der Waals surface area contributed by atoms with E-state index in [9.17, 15) is 4.79 Å². The maximum Gasteiger partial charge on any atom is 0.328 e. The quantitative estimate of drug-likeness (QED) is 0.400. The second-order valence-electron chi connectivity index (χ2n) is 2.19. The van der Waals surface area contributed by atoms with Crippen molar-refractivity contribution in [1.82, 2.24) is 0 Å². The third-order valence-corrected chi connectivity index (χ3v) is 1.83. The van der Waals surface area contributed by atoms with Crippen molar-refractivity contribution in [3.05, 3.63) is 0 Å². The average molecular weight is 191 g/mol. The lowest BCUT2D eigenvalue weighted by Crippen LogP contribution is -2.29. The Hall–Kier alpha value is -0.910. The highest BCUT2D eigenvalue weighted by Crippen LogP contribution is 2.03. The summed E-state index contributed by atoms with van der Waals surface area (Å²) in [6.45, 7) is 0. The highest BCUT2D eigenvalue weighted by atomic mass is 32.2. The van der Waals surface area contributed by atoms with Crippen LogP contribution in [0.15, 0.2) is 4.99 Å². The van der Waals surface area contributed by atoms with Gasteiger partial charge in [0.2, 0.25) is 0 Å². The summed E-state index contributed by atoms with van der Waals surface area (Å²) < 4.78 is 0. The van der Waals surface area contributed by atoms with Crippen LogP contribution in [0.1, 0.15) is 6.42 Å². The van der Waals surface area contributed by atoms with Gasteiger partial charge in [0.05, 0.1) is 0 Å². The number of nitrogens with two attached hydrogens (primary N) is 2. The van der Waals surface area contributed by atoms with Gasteiger partial charge in [0.15, 0.2) is 12.0 Å². The first-order chi connectivity index (χ1) is 5.57. The molecule has 0 saturated heterocycles. The van der Waals surface area contributed by atoms with Crippen molar-refractivity contribution in [3.63, 3.8) is 0 Å². The second kappa shape index (κ2) is 5.70. The largest absolute Gasteiger partial charge is 0.480 e. The maximum atomic E-state index is 10.5. The van der Waals surface area contributed by atoms with Crippen LogP contribution >= 0.6 is 11.8 Å². The Kier molecular flexibility index (Phi) is 5.27. The summed E-state index contributed by atoms with van der Waals surface area (Å²) in [6, 6.07) is -0.803. The molecule has 0 spiro atoms. The fourth-order valence-corrected chi connectivity index (χ4v) is 1.11. The molecule has 0 radical (unpaired) electrons. The SMILES string of the molecule is CSCCC(N=C(N)N)C(=O)O. The zero-order valence-corrected chi connectivity index (χ0v) is 7.67. The fourth-order valence-electron chi connectivity index (χ4n) is 0.653. The van der Waals surface area contributed by atoms with Crippen molar-refractivity contribution in [2.24, 2.45) is 16.5 Å². The molecule has 0 amide bonds. The predicted molar refractivity (Wildman–Crippen MR) is 50.2 cm³/mol. The number of carboxylic acid groups (broad SMARTS) is 1. The maximum absolute atomic E-state index is 10.5. The molecule has 6 heteroatoms.